The summed E-state index contributed by atoms with van der Waals surface area (Å²) < 4.78 is 0. The molecule has 0 saturated carbocycles. The van der Waals surface area contributed by atoms with E-state index in [0.717, 1.165) is 12.2 Å². The van der Waals surface area contributed by atoms with Crippen LogP contribution in [-0.4, -0.2) is 22.6 Å². The van der Waals surface area contributed by atoms with Gasteiger partial charge >= 0.3 is 5.97 Å². The molecule has 0 heterocycles. The molecule has 0 aliphatic carbocycles. The monoisotopic (exact) mass is 194 g/mol. The van der Waals surface area contributed by atoms with E-state index in [1.807, 2.05) is 0 Å². The molecule has 1 N–H and O–H groups in total. The number of aliphatic carboxylic acids is 1. The van der Waals surface area contributed by atoms with E-state index in [4.69, 9.17) is 5.11 Å². The SMILES string of the molecule is CCCSSCC(C)C(=O)O. The lowest BCUT2D eigenvalue weighted by atomic mass is 10.2. The fourth-order valence-electron chi connectivity index (χ4n) is 0.364. The minimum atomic E-state index is -0.699. The molecule has 0 aromatic rings. The van der Waals surface area contributed by atoms with Gasteiger partial charge in [-0.25, -0.2) is 0 Å². The van der Waals surface area contributed by atoms with Crippen LogP contribution in [0.5, 0.6) is 0 Å². The van der Waals surface area contributed by atoms with Crippen molar-refractivity contribution < 1.29 is 9.90 Å². The van der Waals surface area contributed by atoms with Crippen LogP contribution in [0, 0.1) is 5.92 Å². The molecule has 0 aliphatic heterocycles. The Bertz CT molecular complexity index is 117. The maximum atomic E-state index is 10.3. The average Bonchev–Trinajstić information content (AvgIpc) is 1.97. The van der Waals surface area contributed by atoms with Gasteiger partial charge in [0.1, 0.15) is 0 Å². The van der Waals surface area contributed by atoms with E-state index < -0.39 is 5.97 Å². The number of carbonyl (C=O) groups is 1. The second-order valence-electron chi connectivity index (χ2n) is 2.35. The first-order valence-electron chi connectivity index (χ1n) is 3.65. The molecule has 0 radical (unpaired) electrons. The zero-order valence-electron chi connectivity index (χ0n) is 6.87. The highest BCUT2D eigenvalue weighted by Crippen LogP contribution is 2.24. The third-order valence-electron chi connectivity index (χ3n) is 1.11. The zero-order chi connectivity index (χ0) is 8.69. The van der Waals surface area contributed by atoms with Gasteiger partial charge in [-0.3, -0.25) is 4.79 Å². The number of carboxylic acid groups (broad SMARTS) is 1. The van der Waals surface area contributed by atoms with Gasteiger partial charge < -0.3 is 5.11 Å². The Morgan fingerprint density at radius 1 is 1.55 bits per heavy atom. The number of carboxylic acids is 1. The molecule has 4 heteroatoms. The van der Waals surface area contributed by atoms with Crippen LogP contribution in [0.3, 0.4) is 0 Å². The molecule has 0 fully saturated rings. The third kappa shape index (κ3) is 6.56. The summed E-state index contributed by atoms with van der Waals surface area (Å²) >= 11 is 0. The minimum absolute atomic E-state index is 0.218. The summed E-state index contributed by atoms with van der Waals surface area (Å²) in [6.07, 6.45) is 1.15. The van der Waals surface area contributed by atoms with E-state index in [-0.39, 0.29) is 5.92 Å². The summed E-state index contributed by atoms with van der Waals surface area (Å²) in [6.45, 7) is 3.86. The summed E-state index contributed by atoms with van der Waals surface area (Å²) in [4.78, 5) is 10.3. The largest absolute Gasteiger partial charge is 0.481 e. The molecule has 0 spiro atoms. The van der Waals surface area contributed by atoms with Gasteiger partial charge in [-0.1, -0.05) is 35.4 Å². The first-order chi connectivity index (χ1) is 5.18. The molecule has 1 atom stereocenters. The first-order valence-corrected chi connectivity index (χ1v) is 6.14. The molecule has 0 aliphatic rings. The van der Waals surface area contributed by atoms with Crippen LogP contribution >= 0.6 is 21.6 Å². The lowest BCUT2D eigenvalue weighted by Crippen LogP contribution is -2.11. The topological polar surface area (TPSA) is 37.3 Å². The Hall–Kier alpha value is 0.170. The van der Waals surface area contributed by atoms with Gasteiger partial charge in [-0.15, -0.1) is 0 Å². The van der Waals surface area contributed by atoms with Crippen molar-refractivity contribution >= 4 is 27.6 Å². The van der Waals surface area contributed by atoms with Gasteiger partial charge in [0.15, 0.2) is 0 Å². The van der Waals surface area contributed by atoms with Gasteiger partial charge in [0.05, 0.1) is 5.92 Å². The van der Waals surface area contributed by atoms with Gasteiger partial charge in [-0.05, 0) is 6.42 Å². The summed E-state index contributed by atoms with van der Waals surface area (Å²) in [5.41, 5.74) is 0. The average molecular weight is 194 g/mol. The third-order valence-corrected chi connectivity index (χ3v) is 3.90. The fourth-order valence-corrected chi connectivity index (χ4v) is 2.85. The minimum Gasteiger partial charge on any atom is -0.481 e. The lowest BCUT2D eigenvalue weighted by Gasteiger charge is -2.03. The summed E-state index contributed by atoms with van der Waals surface area (Å²) in [6, 6.07) is 0. The predicted molar refractivity (Wildman–Crippen MR) is 52.0 cm³/mol. The second kappa shape index (κ2) is 6.85. The molecule has 0 aromatic carbocycles. The smallest absolute Gasteiger partial charge is 0.307 e. The van der Waals surface area contributed by atoms with E-state index in [1.54, 1.807) is 28.5 Å². The Morgan fingerprint density at radius 3 is 2.64 bits per heavy atom. The van der Waals surface area contributed by atoms with Crippen LogP contribution in [0.2, 0.25) is 0 Å². The van der Waals surface area contributed by atoms with Crippen molar-refractivity contribution in [3.63, 3.8) is 0 Å². The van der Waals surface area contributed by atoms with Crippen LogP contribution in [0.1, 0.15) is 20.3 Å². The Kier molecular flexibility index (Phi) is 6.96. The second-order valence-corrected chi connectivity index (χ2v) is 4.97. The van der Waals surface area contributed by atoms with Crippen LogP contribution in [0.4, 0.5) is 0 Å². The molecule has 66 valence electrons. The molecular formula is C7H14O2S2. The Labute approximate surface area is 75.5 Å². The maximum absolute atomic E-state index is 10.3. The van der Waals surface area contributed by atoms with Crippen LogP contribution in [0.25, 0.3) is 0 Å². The summed E-state index contributed by atoms with van der Waals surface area (Å²) in [5.74, 6) is 0.899. The molecule has 2 nitrogen and oxygen atoms in total. The predicted octanol–water partition coefficient (Wildman–Crippen LogP) is 2.50. The van der Waals surface area contributed by atoms with Crippen LogP contribution < -0.4 is 0 Å². The first kappa shape index (κ1) is 11.2. The van der Waals surface area contributed by atoms with Crippen molar-refractivity contribution in [3.8, 4) is 0 Å². The maximum Gasteiger partial charge on any atom is 0.307 e. The van der Waals surface area contributed by atoms with E-state index in [9.17, 15) is 4.79 Å². The molecule has 1 unspecified atom stereocenters. The van der Waals surface area contributed by atoms with Crippen LogP contribution in [0.15, 0.2) is 0 Å². The normalized spacial score (nSPS) is 12.9. The molecule has 0 bridgehead atoms. The molecule has 0 rings (SSSR count). The molecule has 11 heavy (non-hydrogen) atoms. The van der Waals surface area contributed by atoms with Crippen molar-refractivity contribution in [1.82, 2.24) is 0 Å². The Balaban J connectivity index is 3.17. The molecule has 0 aromatic heterocycles. The zero-order valence-corrected chi connectivity index (χ0v) is 8.50. The highest BCUT2D eigenvalue weighted by atomic mass is 33.1. The van der Waals surface area contributed by atoms with E-state index in [1.165, 1.54) is 0 Å². The summed E-state index contributed by atoms with van der Waals surface area (Å²) in [5, 5.41) is 8.52. The van der Waals surface area contributed by atoms with Gasteiger partial charge in [0, 0.05) is 11.5 Å². The number of hydrogen-bond acceptors (Lipinski definition) is 3. The lowest BCUT2D eigenvalue weighted by molar-refractivity contribution is -0.140. The number of hydrogen-bond donors (Lipinski definition) is 1. The molecule has 0 saturated heterocycles. The van der Waals surface area contributed by atoms with Crippen molar-refractivity contribution in [2.24, 2.45) is 5.92 Å². The van der Waals surface area contributed by atoms with Crippen molar-refractivity contribution in [1.29, 1.82) is 0 Å². The van der Waals surface area contributed by atoms with Crippen molar-refractivity contribution in [2.45, 2.75) is 20.3 Å². The van der Waals surface area contributed by atoms with Gasteiger partial charge in [0.2, 0.25) is 0 Å². The molecular weight excluding hydrogens is 180 g/mol. The van der Waals surface area contributed by atoms with Gasteiger partial charge in [-0.2, -0.15) is 0 Å². The highest BCUT2D eigenvalue weighted by Gasteiger charge is 2.09. The van der Waals surface area contributed by atoms with Crippen molar-refractivity contribution in [2.75, 3.05) is 11.5 Å². The van der Waals surface area contributed by atoms with E-state index in [0.29, 0.717) is 5.75 Å². The van der Waals surface area contributed by atoms with E-state index in [2.05, 4.69) is 6.92 Å². The fraction of sp³-hybridized carbons (Fsp3) is 0.857. The quantitative estimate of drug-likeness (QED) is 0.521. The Morgan fingerprint density at radius 2 is 2.18 bits per heavy atom. The van der Waals surface area contributed by atoms with Crippen LogP contribution in [-0.2, 0) is 4.79 Å². The standard InChI is InChI=1S/C7H14O2S2/c1-3-4-10-11-5-6(2)7(8)9/h6H,3-5H2,1-2H3,(H,8,9). The highest BCUT2D eigenvalue weighted by molar-refractivity contribution is 8.76. The van der Waals surface area contributed by atoms with Crippen molar-refractivity contribution in [3.05, 3.63) is 0 Å². The number of rotatable bonds is 6. The summed E-state index contributed by atoms with van der Waals surface area (Å²) in [7, 11) is 3.40. The molecule has 0 amide bonds. The van der Waals surface area contributed by atoms with Gasteiger partial charge in [0.25, 0.3) is 0 Å². The van der Waals surface area contributed by atoms with E-state index >= 15 is 0 Å².